The number of fused-ring (bicyclic) bond motifs is 1. The van der Waals surface area contributed by atoms with Gasteiger partial charge >= 0.3 is 5.97 Å². The summed E-state index contributed by atoms with van der Waals surface area (Å²) in [4.78, 5) is 10.6. The molecule has 0 aromatic rings. The van der Waals surface area contributed by atoms with Crippen molar-refractivity contribution < 1.29 is 14.6 Å². The Kier molecular flexibility index (Phi) is 1.60. The molecule has 0 aromatic carbocycles. The number of carboxylic acids is 1. The Bertz CT molecular complexity index is 178. The lowest BCUT2D eigenvalue weighted by atomic mass is 9.95. The maximum atomic E-state index is 10.6. The Hall–Kier alpha value is -0.570. The number of aliphatic carboxylic acids is 1. The molecular formula is C8H12O3. The lowest BCUT2D eigenvalue weighted by Gasteiger charge is -2.10. The van der Waals surface area contributed by atoms with Crippen molar-refractivity contribution in [1.82, 2.24) is 0 Å². The summed E-state index contributed by atoms with van der Waals surface area (Å²) in [6.45, 7) is 0.668. The van der Waals surface area contributed by atoms with E-state index in [-0.39, 0.29) is 0 Å². The van der Waals surface area contributed by atoms with E-state index in [1.165, 1.54) is 6.42 Å². The van der Waals surface area contributed by atoms with Crippen molar-refractivity contribution in [3.63, 3.8) is 0 Å². The quantitative estimate of drug-likeness (QED) is 0.613. The summed E-state index contributed by atoms with van der Waals surface area (Å²) in [5.74, 6) is 0.0722. The second-order valence-electron chi connectivity index (χ2n) is 3.45. The number of carbonyl (C=O) groups is 1. The highest BCUT2D eigenvalue weighted by atomic mass is 16.5. The first-order chi connectivity index (χ1) is 5.29. The van der Waals surface area contributed by atoms with E-state index in [0.29, 0.717) is 18.4 Å². The van der Waals surface area contributed by atoms with Crippen molar-refractivity contribution in [2.45, 2.75) is 25.4 Å². The largest absolute Gasteiger partial charge is 0.479 e. The molecule has 1 saturated heterocycles. The first-order valence-electron chi connectivity index (χ1n) is 4.13. The topological polar surface area (TPSA) is 46.5 Å². The number of rotatable bonds is 1. The molecule has 2 rings (SSSR count). The molecule has 0 bridgehead atoms. The van der Waals surface area contributed by atoms with Crippen LogP contribution in [0, 0.1) is 11.8 Å². The molecule has 3 heteroatoms. The van der Waals surface area contributed by atoms with Crippen LogP contribution in [-0.2, 0) is 9.53 Å². The highest BCUT2D eigenvalue weighted by Gasteiger charge is 2.43. The number of ether oxygens (including phenoxy) is 1. The van der Waals surface area contributed by atoms with Gasteiger partial charge in [0.2, 0.25) is 0 Å². The van der Waals surface area contributed by atoms with Gasteiger partial charge in [0, 0.05) is 5.92 Å². The first kappa shape index (κ1) is 7.10. The molecule has 0 spiro atoms. The summed E-state index contributed by atoms with van der Waals surface area (Å²) in [6, 6.07) is 0. The highest BCUT2D eigenvalue weighted by Crippen LogP contribution is 2.40. The predicted octanol–water partition coefficient (Wildman–Crippen LogP) is 0.886. The minimum Gasteiger partial charge on any atom is -0.479 e. The third-order valence-electron chi connectivity index (χ3n) is 2.84. The Morgan fingerprint density at radius 3 is 3.00 bits per heavy atom. The van der Waals surface area contributed by atoms with E-state index in [2.05, 4.69) is 0 Å². The standard InChI is InChI=1S/C8H12O3/c9-8(10)7-6-3-1-2-5(6)4-11-7/h5-7H,1-4H2,(H,9,10). The van der Waals surface area contributed by atoms with Crippen molar-refractivity contribution in [2.75, 3.05) is 6.61 Å². The van der Waals surface area contributed by atoms with E-state index in [1.54, 1.807) is 0 Å². The van der Waals surface area contributed by atoms with Crippen LogP contribution in [0.1, 0.15) is 19.3 Å². The SMILES string of the molecule is O=C(O)C1OCC2CCCC21. The molecule has 0 radical (unpaired) electrons. The van der Waals surface area contributed by atoms with E-state index in [0.717, 1.165) is 12.8 Å². The Labute approximate surface area is 65.4 Å². The van der Waals surface area contributed by atoms with Crippen molar-refractivity contribution >= 4 is 5.97 Å². The summed E-state index contributed by atoms with van der Waals surface area (Å²) >= 11 is 0. The molecule has 3 unspecified atom stereocenters. The summed E-state index contributed by atoms with van der Waals surface area (Å²) in [7, 11) is 0. The zero-order valence-electron chi connectivity index (χ0n) is 6.32. The van der Waals surface area contributed by atoms with Crippen LogP contribution in [0.15, 0.2) is 0 Å². The van der Waals surface area contributed by atoms with Gasteiger partial charge < -0.3 is 9.84 Å². The van der Waals surface area contributed by atoms with E-state index >= 15 is 0 Å². The van der Waals surface area contributed by atoms with Crippen LogP contribution in [0.25, 0.3) is 0 Å². The van der Waals surface area contributed by atoms with Gasteiger partial charge in [-0.3, -0.25) is 0 Å². The van der Waals surface area contributed by atoms with Gasteiger partial charge in [-0.1, -0.05) is 6.42 Å². The molecule has 1 aliphatic carbocycles. The van der Waals surface area contributed by atoms with E-state index in [4.69, 9.17) is 9.84 Å². The molecule has 1 aliphatic heterocycles. The summed E-state index contributed by atoms with van der Waals surface area (Å²) in [6.07, 6.45) is 2.89. The number of hydrogen-bond acceptors (Lipinski definition) is 2. The monoisotopic (exact) mass is 156 g/mol. The van der Waals surface area contributed by atoms with Crippen LogP contribution in [-0.4, -0.2) is 23.8 Å². The van der Waals surface area contributed by atoms with Crippen LogP contribution in [0.3, 0.4) is 0 Å². The van der Waals surface area contributed by atoms with Gasteiger partial charge in [-0.2, -0.15) is 0 Å². The molecule has 11 heavy (non-hydrogen) atoms. The van der Waals surface area contributed by atoms with Gasteiger partial charge in [0.05, 0.1) is 6.61 Å². The molecule has 3 nitrogen and oxygen atoms in total. The van der Waals surface area contributed by atoms with Gasteiger partial charge in [-0.05, 0) is 18.8 Å². The second kappa shape index (κ2) is 2.48. The molecule has 0 aromatic heterocycles. The molecule has 1 heterocycles. The molecule has 62 valence electrons. The van der Waals surface area contributed by atoms with E-state index in [1.807, 2.05) is 0 Å². The zero-order chi connectivity index (χ0) is 7.84. The lowest BCUT2D eigenvalue weighted by Crippen LogP contribution is -2.26. The van der Waals surface area contributed by atoms with Crippen molar-refractivity contribution in [2.24, 2.45) is 11.8 Å². The van der Waals surface area contributed by atoms with Gasteiger partial charge in [-0.15, -0.1) is 0 Å². The van der Waals surface area contributed by atoms with Crippen LogP contribution < -0.4 is 0 Å². The van der Waals surface area contributed by atoms with E-state index < -0.39 is 12.1 Å². The third-order valence-corrected chi connectivity index (χ3v) is 2.84. The minimum absolute atomic E-state index is 0.312. The fourth-order valence-corrected chi connectivity index (χ4v) is 2.28. The molecular weight excluding hydrogens is 144 g/mol. The van der Waals surface area contributed by atoms with E-state index in [9.17, 15) is 4.79 Å². The van der Waals surface area contributed by atoms with Crippen molar-refractivity contribution in [3.05, 3.63) is 0 Å². The Balaban J connectivity index is 2.08. The van der Waals surface area contributed by atoms with Crippen molar-refractivity contribution in [1.29, 1.82) is 0 Å². The molecule has 2 aliphatic rings. The normalized spacial score (nSPS) is 42.4. The molecule has 1 saturated carbocycles. The first-order valence-corrected chi connectivity index (χ1v) is 4.13. The maximum absolute atomic E-state index is 10.6. The van der Waals surface area contributed by atoms with Crippen LogP contribution in [0.5, 0.6) is 0 Å². The van der Waals surface area contributed by atoms with Gasteiger partial charge in [0.25, 0.3) is 0 Å². The van der Waals surface area contributed by atoms with Crippen LogP contribution >= 0.6 is 0 Å². The number of carboxylic acid groups (broad SMARTS) is 1. The Morgan fingerprint density at radius 1 is 1.45 bits per heavy atom. The second-order valence-corrected chi connectivity index (χ2v) is 3.45. The minimum atomic E-state index is -0.778. The molecule has 3 atom stereocenters. The average Bonchev–Trinajstić information content (AvgIpc) is 2.41. The van der Waals surface area contributed by atoms with Gasteiger partial charge in [-0.25, -0.2) is 4.79 Å². The zero-order valence-corrected chi connectivity index (χ0v) is 6.32. The van der Waals surface area contributed by atoms with Crippen LogP contribution in [0.2, 0.25) is 0 Å². The highest BCUT2D eigenvalue weighted by molar-refractivity contribution is 5.73. The molecule has 0 amide bonds. The maximum Gasteiger partial charge on any atom is 0.333 e. The Morgan fingerprint density at radius 2 is 2.27 bits per heavy atom. The summed E-state index contributed by atoms with van der Waals surface area (Å²) in [5.41, 5.74) is 0. The predicted molar refractivity (Wildman–Crippen MR) is 38.2 cm³/mol. The molecule has 1 N–H and O–H groups in total. The van der Waals surface area contributed by atoms with Gasteiger partial charge in [0.1, 0.15) is 0 Å². The smallest absolute Gasteiger partial charge is 0.333 e. The average molecular weight is 156 g/mol. The summed E-state index contributed by atoms with van der Waals surface area (Å²) in [5, 5.41) is 8.74. The molecule has 2 fully saturated rings. The third kappa shape index (κ3) is 1.03. The van der Waals surface area contributed by atoms with Gasteiger partial charge in [0.15, 0.2) is 6.10 Å². The number of hydrogen-bond donors (Lipinski definition) is 1. The fourth-order valence-electron chi connectivity index (χ4n) is 2.28. The van der Waals surface area contributed by atoms with Crippen molar-refractivity contribution in [3.8, 4) is 0 Å². The summed E-state index contributed by atoms with van der Waals surface area (Å²) < 4.78 is 5.18. The lowest BCUT2D eigenvalue weighted by molar-refractivity contribution is -0.149. The van der Waals surface area contributed by atoms with Crippen LogP contribution in [0.4, 0.5) is 0 Å². The fraction of sp³-hybridized carbons (Fsp3) is 0.875.